The van der Waals surface area contributed by atoms with Crippen LogP contribution in [0.4, 0.5) is 0 Å². The Bertz CT molecular complexity index is 267. The van der Waals surface area contributed by atoms with E-state index in [9.17, 15) is 0 Å². The molecule has 86 valence electrons. The molecule has 4 heteroatoms. The van der Waals surface area contributed by atoms with Gasteiger partial charge in [0.25, 0.3) is 0 Å². The first kappa shape index (κ1) is 12.2. The van der Waals surface area contributed by atoms with Crippen LogP contribution >= 0.6 is 0 Å². The highest BCUT2D eigenvalue weighted by atomic mass is 16.3. The van der Waals surface area contributed by atoms with Crippen LogP contribution in [-0.2, 0) is 6.54 Å². The maximum absolute atomic E-state index is 8.97. The SMILES string of the molecule is CCCn1cc(C(CCO)NCC)cn1. The van der Waals surface area contributed by atoms with E-state index in [0.29, 0.717) is 0 Å². The van der Waals surface area contributed by atoms with Crippen molar-refractivity contribution < 1.29 is 5.11 Å². The maximum Gasteiger partial charge on any atom is 0.0537 e. The van der Waals surface area contributed by atoms with Crippen LogP contribution in [0.15, 0.2) is 12.4 Å². The summed E-state index contributed by atoms with van der Waals surface area (Å²) in [5, 5.41) is 16.6. The number of aromatic nitrogens is 2. The highest BCUT2D eigenvalue weighted by Crippen LogP contribution is 2.15. The van der Waals surface area contributed by atoms with E-state index in [1.54, 1.807) is 0 Å². The van der Waals surface area contributed by atoms with Gasteiger partial charge in [-0.05, 0) is 19.4 Å². The highest BCUT2D eigenvalue weighted by molar-refractivity contribution is 5.10. The molecule has 0 saturated carbocycles. The van der Waals surface area contributed by atoms with Crippen LogP contribution in [0.2, 0.25) is 0 Å². The predicted octanol–water partition coefficient (Wildman–Crippen LogP) is 1.33. The minimum Gasteiger partial charge on any atom is -0.396 e. The third-order valence-electron chi connectivity index (χ3n) is 2.38. The molecule has 1 aromatic rings. The van der Waals surface area contributed by atoms with Crippen LogP contribution in [0.3, 0.4) is 0 Å². The smallest absolute Gasteiger partial charge is 0.0537 e. The van der Waals surface area contributed by atoms with Crippen molar-refractivity contribution in [2.45, 2.75) is 39.3 Å². The van der Waals surface area contributed by atoms with Gasteiger partial charge in [0.1, 0.15) is 0 Å². The van der Waals surface area contributed by atoms with Crippen LogP contribution in [0, 0.1) is 0 Å². The number of aliphatic hydroxyl groups is 1. The van der Waals surface area contributed by atoms with Crippen molar-refractivity contribution in [3.8, 4) is 0 Å². The second-order valence-corrected chi connectivity index (χ2v) is 3.66. The Labute approximate surface area is 91.3 Å². The average Bonchev–Trinajstić information content (AvgIpc) is 2.67. The molecule has 0 aliphatic heterocycles. The monoisotopic (exact) mass is 211 g/mol. The minimum atomic E-state index is 0.205. The van der Waals surface area contributed by atoms with Gasteiger partial charge in [0.2, 0.25) is 0 Å². The molecule has 1 unspecified atom stereocenters. The van der Waals surface area contributed by atoms with Gasteiger partial charge in [-0.3, -0.25) is 4.68 Å². The Balaban J connectivity index is 2.63. The quantitative estimate of drug-likeness (QED) is 0.715. The van der Waals surface area contributed by atoms with E-state index in [2.05, 4.69) is 30.5 Å². The van der Waals surface area contributed by atoms with Crippen molar-refractivity contribution in [2.75, 3.05) is 13.2 Å². The fraction of sp³-hybridized carbons (Fsp3) is 0.727. The van der Waals surface area contributed by atoms with E-state index in [1.807, 2.05) is 10.9 Å². The first-order valence-electron chi connectivity index (χ1n) is 5.68. The molecule has 2 N–H and O–H groups in total. The molecule has 15 heavy (non-hydrogen) atoms. The van der Waals surface area contributed by atoms with Crippen molar-refractivity contribution in [1.29, 1.82) is 0 Å². The van der Waals surface area contributed by atoms with Crippen LogP contribution in [0.1, 0.15) is 38.3 Å². The van der Waals surface area contributed by atoms with Crippen molar-refractivity contribution in [3.05, 3.63) is 18.0 Å². The summed E-state index contributed by atoms with van der Waals surface area (Å²) in [6.45, 7) is 6.27. The molecule has 1 rings (SSSR count). The summed E-state index contributed by atoms with van der Waals surface area (Å²) in [6.07, 6.45) is 5.78. The van der Waals surface area contributed by atoms with Gasteiger partial charge in [0.05, 0.1) is 6.20 Å². The molecule has 0 radical (unpaired) electrons. The van der Waals surface area contributed by atoms with Gasteiger partial charge in [-0.15, -0.1) is 0 Å². The number of hydrogen-bond acceptors (Lipinski definition) is 3. The molecule has 1 aromatic heterocycles. The van der Waals surface area contributed by atoms with Gasteiger partial charge in [-0.25, -0.2) is 0 Å². The van der Waals surface area contributed by atoms with Crippen LogP contribution < -0.4 is 5.32 Å². The van der Waals surface area contributed by atoms with E-state index in [1.165, 1.54) is 5.56 Å². The largest absolute Gasteiger partial charge is 0.396 e. The van der Waals surface area contributed by atoms with E-state index >= 15 is 0 Å². The third kappa shape index (κ3) is 3.64. The van der Waals surface area contributed by atoms with Crippen LogP contribution in [0.5, 0.6) is 0 Å². The lowest BCUT2D eigenvalue weighted by molar-refractivity contribution is 0.266. The third-order valence-corrected chi connectivity index (χ3v) is 2.38. The lowest BCUT2D eigenvalue weighted by Crippen LogP contribution is -2.21. The van der Waals surface area contributed by atoms with Gasteiger partial charge < -0.3 is 10.4 Å². The predicted molar refractivity (Wildman–Crippen MR) is 60.6 cm³/mol. The second kappa shape index (κ2) is 6.58. The Hall–Kier alpha value is -0.870. The zero-order valence-electron chi connectivity index (χ0n) is 9.61. The summed E-state index contributed by atoms with van der Waals surface area (Å²) < 4.78 is 1.96. The van der Waals surface area contributed by atoms with Crippen molar-refractivity contribution in [2.24, 2.45) is 0 Å². The van der Waals surface area contributed by atoms with Crippen molar-refractivity contribution in [1.82, 2.24) is 15.1 Å². The summed E-state index contributed by atoms with van der Waals surface area (Å²) in [7, 11) is 0. The molecular formula is C11H21N3O. The van der Waals surface area contributed by atoms with E-state index in [0.717, 1.165) is 25.9 Å². The molecule has 0 bridgehead atoms. The fourth-order valence-electron chi connectivity index (χ4n) is 1.67. The van der Waals surface area contributed by atoms with E-state index < -0.39 is 0 Å². The standard InChI is InChI=1S/C11H21N3O/c1-3-6-14-9-10(8-13-14)11(5-7-15)12-4-2/h8-9,11-12,15H,3-7H2,1-2H3. The summed E-state index contributed by atoms with van der Waals surface area (Å²) in [5.41, 5.74) is 1.17. The van der Waals surface area contributed by atoms with Crippen LogP contribution in [-0.4, -0.2) is 28.0 Å². The molecule has 0 fully saturated rings. The summed E-state index contributed by atoms with van der Waals surface area (Å²) >= 11 is 0. The van der Waals surface area contributed by atoms with Gasteiger partial charge in [-0.2, -0.15) is 5.10 Å². The molecule has 0 saturated heterocycles. The maximum atomic E-state index is 8.97. The molecule has 0 aliphatic rings. The topological polar surface area (TPSA) is 50.1 Å². The number of hydrogen-bond donors (Lipinski definition) is 2. The molecule has 1 atom stereocenters. The van der Waals surface area contributed by atoms with Crippen molar-refractivity contribution in [3.63, 3.8) is 0 Å². The number of nitrogens with one attached hydrogen (secondary N) is 1. The zero-order chi connectivity index (χ0) is 11.1. The normalized spacial score (nSPS) is 13.0. The van der Waals surface area contributed by atoms with E-state index in [4.69, 9.17) is 5.11 Å². The summed E-state index contributed by atoms with van der Waals surface area (Å²) in [5.74, 6) is 0. The Morgan fingerprint density at radius 3 is 2.93 bits per heavy atom. The molecular weight excluding hydrogens is 190 g/mol. The average molecular weight is 211 g/mol. The Morgan fingerprint density at radius 1 is 1.53 bits per heavy atom. The molecule has 0 amide bonds. The highest BCUT2D eigenvalue weighted by Gasteiger charge is 2.11. The van der Waals surface area contributed by atoms with Gasteiger partial charge in [-0.1, -0.05) is 13.8 Å². The molecule has 0 spiro atoms. The molecule has 0 aromatic carbocycles. The lowest BCUT2D eigenvalue weighted by atomic mass is 10.1. The first-order chi connectivity index (χ1) is 7.31. The molecule has 1 heterocycles. The lowest BCUT2D eigenvalue weighted by Gasteiger charge is -2.14. The Kier molecular flexibility index (Phi) is 5.36. The van der Waals surface area contributed by atoms with Crippen LogP contribution in [0.25, 0.3) is 0 Å². The van der Waals surface area contributed by atoms with E-state index in [-0.39, 0.29) is 12.6 Å². The van der Waals surface area contributed by atoms with Gasteiger partial charge >= 0.3 is 0 Å². The van der Waals surface area contributed by atoms with Gasteiger partial charge in [0, 0.05) is 31.0 Å². The van der Waals surface area contributed by atoms with Crippen molar-refractivity contribution >= 4 is 0 Å². The summed E-state index contributed by atoms with van der Waals surface area (Å²) in [6, 6.07) is 0.227. The second-order valence-electron chi connectivity index (χ2n) is 3.66. The molecule has 0 aliphatic carbocycles. The fourth-order valence-corrected chi connectivity index (χ4v) is 1.67. The first-order valence-corrected chi connectivity index (χ1v) is 5.68. The molecule has 4 nitrogen and oxygen atoms in total. The Morgan fingerprint density at radius 2 is 2.33 bits per heavy atom. The minimum absolute atomic E-state index is 0.205. The number of rotatable bonds is 7. The number of aryl methyl sites for hydroxylation is 1. The summed E-state index contributed by atoms with van der Waals surface area (Å²) in [4.78, 5) is 0. The number of nitrogens with zero attached hydrogens (tertiary/aromatic N) is 2. The van der Waals surface area contributed by atoms with Gasteiger partial charge in [0.15, 0.2) is 0 Å². The number of aliphatic hydroxyl groups excluding tert-OH is 1. The zero-order valence-corrected chi connectivity index (χ0v) is 9.61.